The van der Waals surface area contributed by atoms with E-state index in [-0.39, 0.29) is 39.8 Å². The number of nitrogens with one attached hydrogen (secondary N) is 1. The van der Waals surface area contributed by atoms with E-state index in [4.69, 9.17) is 5.73 Å². The Balaban J connectivity index is 1.61. The zero-order chi connectivity index (χ0) is 26.6. The smallest absolute Gasteiger partial charge is 0.422 e. The predicted molar refractivity (Wildman–Crippen MR) is 118 cm³/mol. The minimum Gasteiger partial charge on any atom is -0.482 e. The molecule has 4 rings (SSSR count). The van der Waals surface area contributed by atoms with Gasteiger partial charge in [0.05, 0.1) is 16.5 Å². The second kappa shape index (κ2) is 8.82. The number of amidine groups is 1. The van der Waals surface area contributed by atoms with Crippen molar-refractivity contribution in [2.75, 3.05) is 11.9 Å². The summed E-state index contributed by atoms with van der Waals surface area (Å²) in [6.07, 6.45) is -6.43. The van der Waals surface area contributed by atoms with Crippen LogP contribution in [0.1, 0.15) is 35.0 Å². The average Bonchev–Trinajstić information content (AvgIpc) is 3.51. The number of amides is 1. The Labute approximate surface area is 204 Å². The third kappa shape index (κ3) is 4.70. The van der Waals surface area contributed by atoms with Crippen molar-refractivity contribution < 1.29 is 40.3 Å². The molecule has 3 N–H and O–H groups in total. The topological polar surface area (TPSA) is 89.6 Å². The molecule has 1 amide bonds. The molecular formula is C22H19F7N4O2S. The molecule has 194 valence electrons. The van der Waals surface area contributed by atoms with Gasteiger partial charge in [-0.3, -0.25) is 9.79 Å². The van der Waals surface area contributed by atoms with Crippen LogP contribution >= 0.6 is 11.8 Å². The number of hydrogen-bond acceptors (Lipinski definition) is 6. The minimum absolute atomic E-state index is 0.0143. The van der Waals surface area contributed by atoms with Crippen molar-refractivity contribution in [3.63, 3.8) is 0 Å². The molecule has 1 aliphatic carbocycles. The number of carbonyl (C=O) groups is 1. The highest BCUT2D eigenvalue weighted by atomic mass is 32.2. The lowest BCUT2D eigenvalue weighted by atomic mass is 9.85. The number of rotatable bonds is 6. The van der Waals surface area contributed by atoms with Crippen molar-refractivity contribution in [1.82, 2.24) is 4.98 Å². The Morgan fingerprint density at radius 3 is 2.61 bits per heavy atom. The first kappa shape index (κ1) is 26.0. The standard InChI is InChI=1S/C22H19F7N4O2S/c1-9-3-11(35-8-22(27,28)29)7-31-16(9)17(34)32-10-4-12(15(24)13(23)5-10)20(2)14-6-21(14,18(25)26)36-19(30)33-20/h3-5,7,14,18H,6,8H2,1-2H3,(H2,30,33)(H,32,34)/t14-,20+,21-/m0/s1. The number of nitrogens with zero attached hydrogens (tertiary/aromatic N) is 2. The minimum atomic E-state index is -4.56. The Kier molecular flexibility index (Phi) is 6.38. The number of carbonyl (C=O) groups excluding carboxylic acids is 1. The van der Waals surface area contributed by atoms with E-state index in [1.54, 1.807) is 0 Å². The van der Waals surface area contributed by atoms with Crippen LogP contribution in [0.5, 0.6) is 5.75 Å². The highest BCUT2D eigenvalue weighted by Crippen LogP contribution is 2.68. The molecule has 0 spiro atoms. The van der Waals surface area contributed by atoms with E-state index in [0.29, 0.717) is 17.8 Å². The predicted octanol–water partition coefficient (Wildman–Crippen LogP) is 5.16. The first-order chi connectivity index (χ1) is 16.7. The summed E-state index contributed by atoms with van der Waals surface area (Å²) in [4.78, 5) is 20.7. The number of halogens is 7. The number of aromatic nitrogens is 1. The highest BCUT2D eigenvalue weighted by molar-refractivity contribution is 8.15. The third-order valence-electron chi connectivity index (χ3n) is 6.14. The van der Waals surface area contributed by atoms with Gasteiger partial charge in [-0.1, -0.05) is 11.8 Å². The van der Waals surface area contributed by atoms with Gasteiger partial charge < -0.3 is 15.8 Å². The summed E-state index contributed by atoms with van der Waals surface area (Å²) in [7, 11) is 0. The van der Waals surface area contributed by atoms with Gasteiger partial charge in [0.2, 0.25) is 0 Å². The van der Waals surface area contributed by atoms with Gasteiger partial charge in [0, 0.05) is 23.2 Å². The molecule has 2 heterocycles. The molecule has 0 saturated heterocycles. The molecule has 1 aliphatic heterocycles. The van der Waals surface area contributed by atoms with Crippen LogP contribution < -0.4 is 15.8 Å². The fraction of sp³-hybridized carbons (Fsp3) is 0.409. The lowest BCUT2D eigenvalue weighted by Crippen LogP contribution is -2.39. The molecule has 1 aromatic carbocycles. The molecule has 3 atom stereocenters. The van der Waals surface area contributed by atoms with Gasteiger partial charge in [-0.05, 0) is 38.0 Å². The fourth-order valence-corrected chi connectivity index (χ4v) is 5.69. The Morgan fingerprint density at radius 1 is 1.31 bits per heavy atom. The molecule has 1 fully saturated rings. The van der Waals surface area contributed by atoms with E-state index in [1.165, 1.54) is 19.9 Å². The van der Waals surface area contributed by atoms with Gasteiger partial charge in [0.1, 0.15) is 11.4 Å². The number of pyridine rings is 1. The highest BCUT2D eigenvalue weighted by Gasteiger charge is 2.71. The van der Waals surface area contributed by atoms with Crippen molar-refractivity contribution in [1.29, 1.82) is 0 Å². The molecule has 0 radical (unpaired) electrons. The first-order valence-electron chi connectivity index (χ1n) is 10.5. The molecule has 0 bridgehead atoms. The number of nitrogens with two attached hydrogens (primary N) is 1. The molecule has 1 aromatic heterocycles. The number of benzene rings is 1. The average molecular weight is 536 g/mol. The zero-order valence-corrected chi connectivity index (χ0v) is 19.5. The Morgan fingerprint density at radius 2 is 2.00 bits per heavy atom. The van der Waals surface area contributed by atoms with E-state index >= 15 is 0 Å². The lowest BCUT2D eigenvalue weighted by Gasteiger charge is -2.34. The Bertz CT molecular complexity index is 1260. The van der Waals surface area contributed by atoms with Gasteiger partial charge >= 0.3 is 6.18 Å². The molecule has 0 unspecified atom stereocenters. The van der Waals surface area contributed by atoms with E-state index in [2.05, 4.69) is 20.0 Å². The van der Waals surface area contributed by atoms with Gasteiger partial charge in [0.15, 0.2) is 23.4 Å². The molecule has 1 saturated carbocycles. The number of alkyl halides is 5. The Hall–Kier alpha value is -3.03. The zero-order valence-electron chi connectivity index (χ0n) is 18.7. The summed E-state index contributed by atoms with van der Waals surface area (Å²) >= 11 is 0.708. The molecular weight excluding hydrogens is 517 g/mol. The maximum absolute atomic E-state index is 14.9. The van der Waals surface area contributed by atoms with Crippen molar-refractivity contribution in [2.45, 2.75) is 43.2 Å². The van der Waals surface area contributed by atoms with Gasteiger partial charge in [-0.2, -0.15) is 13.2 Å². The molecule has 14 heteroatoms. The first-order valence-corrected chi connectivity index (χ1v) is 11.3. The van der Waals surface area contributed by atoms with E-state index < -0.39 is 53.0 Å². The van der Waals surface area contributed by atoms with Crippen molar-refractivity contribution >= 4 is 28.5 Å². The monoisotopic (exact) mass is 536 g/mol. The summed E-state index contributed by atoms with van der Waals surface area (Å²) in [5.41, 5.74) is 3.54. The second-order valence-electron chi connectivity index (χ2n) is 8.73. The number of fused-ring (bicyclic) bond motifs is 1. The summed E-state index contributed by atoms with van der Waals surface area (Å²) < 4.78 is 96.9. The third-order valence-corrected chi connectivity index (χ3v) is 7.45. The molecule has 2 aromatic rings. The number of hydrogen-bond donors (Lipinski definition) is 2. The van der Waals surface area contributed by atoms with Gasteiger partial charge in [-0.25, -0.2) is 22.5 Å². The lowest BCUT2D eigenvalue weighted by molar-refractivity contribution is -0.153. The van der Waals surface area contributed by atoms with Crippen LogP contribution in [0.25, 0.3) is 0 Å². The van der Waals surface area contributed by atoms with Crippen LogP contribution in [0.2, 0.25) is 0 Å². The van der Waals surface area contributed by atoms with Crippen molar-refractivity contribution in [2.24, 2.45) is 16.6 Å². The number of aryl methyl sites for hydroxylation is 1. The molecule has 6 nitrogen and oxygen atoms in total. The van der Waals surface area contributed by atoms with Crippen LogP contribution in [-0.2, 0) is 5.54 Å². The summed E-state index contributed by atoms with van der Waals surface area (Å²) in [6.45, 7) is 1.23. The van der Waals surface area contributed by atoms with Gasteiger partial charge in [-0.15, -0.1) is 0 Å². The SMILES string of the molecule is Cc1cc(OCC(F)(F)F)cnc1C(=O)Nc1cc(F)c(F)c([C@@]2(C)N=C(N)S[C@@]3(C(F)F)C[C@@H]23)c1. The van der Waals surface area contributed by atoms with E-state index in [9.17, 15) is 35.5 Å². The summed E-state index contributed by atoms with van der Waals surface area (Å²) in [5.74, 6) is -4.57. The largest absolute Gasteiger partial charge is 0.482 e. The van der Waals surface area contributed by atoms with Crippen LogP contribution in [0.15, 0.2) is 29.4 Å². The van der Waals surface area contributed by atoms with Crippen LogP contribution in [0.3, 0.4) is 0 Å². The molecule has 36 heavy (non-hydrogen) atoms. The van der Waals surface area contributed by atoms with Gasteiger partial charge in [0.25, 0.3) is 12.3 Å². The van der Waals surface area contributed by atoms with E-state index in [1.807, 2.05) is 0 Å². The van der Waals surface area contributed by atoms with Crippen LogP contribution in [0.4, 0.5) is 36.4 Å². The van der Waals surface area contributed by atoms with Crippen LogP contribution in [0, 0.1) is 24.5 Å². The quantitative estimate of drug-likeness (QED) is 0.498. The van der Waals surface area contributed by atoms with Crippen molar-refractivity contribution in [3.05, 3.63) is 52.9 Å². The second-order valence-corrected chi connectivity index (χ2v) is 10.1. The normalized spacial score (nSPS) is 25.3. The number of thioether (sulfide) groups is 1. The molecule has 2 aliphatic rings. The number of anilines is 1. The fourth-order valence-electron chi connectivity index (χ4n) is 4.36. The van der Waals surface area contributed by atoms with E-state index in [0.717, 1.165) is 12.3 Å². The number of ether oxygens (including phenoxy) is 1. The van der Waals surface area contributed by atoms with Crippen molar-refractivity contribution in [3.8, 4) is 5.75 Å². The van der Waals surface area contributed by atoms with Crippen LogP contribution in [-0.4, -0.2) is 40.0 Å². The summed E-state index contributed by atoms with van der Waals surface area (Å²) in [5, 5.41) is 2.16. The maximum Gasteiger partial charge on any atom is 0.422 e. The maximum atomic E-state index is 14.9. The summed E-state index contributed by atoms with van der Waals surface area (Å²) in [6, 6.07) is 2.96. The number of aliphatic imine (C=N–C) groups is 1.